The fraction of sp³-hybridized carbons (Fsp3) is 0.947. The summed E-state index contributed by atoms with van der Waals surface area (Å²) < 4.78 is 6.68. The Morgan fingerprint density at radius 3 is 2.04 bits per heavy atom. The van der Waals surface area contributed by atoms with E-state index in [2.05, 4.69) is 21.0 Å². The van der Waals surface area contributed by atoms with Crippen LogP contribution in [0.3, 0.4) is 0 Å². The van der Waals surface area contributed by atoms with Crippen molar-refractivity contribution in [2.45, 2.75) is 64.9 Å². The zero-order valence-electron chi connectivity index (χ0n) is 15.3. The fourth-order valence-electron chi connectivity index (χ4n) is 5.94. The van der Waals surface area contributed by atoms with Crippen LogP contribution in [0.4, 0.5) is 0 Å². The van der Waals surface area contributed by atoms with Crippen LogP contribution in [-0.4, -0.2) is 43.7 Å². The number of carbonyl (C=O) groups is 1. The third kappa shape index (κ3) is 4.62. The second kappa shape index (κ2) is 7.19. The van der Waals surface area contributed by atoms with Crippen LogP contribution < -0.4 is 24.0 Å². The molecule has 4 aliphatic carbocycles. The lowest BCUT2D eigenvalue weighted by Crippen LogP contribution is -3.00. The third-order valence-electron chi connectivity index (χ3n) is 6.62. The molecule has 1 unspecified atom stereocenters. The summed E-state index contributed by atoms with van der Waals surface area (Å²) in [6, 6.07) is 0. The Morgan fingerprint density at radius 1 is 1.13 bits per heavy atom. The van der Waals surface area contributed by atoms with E-state index in [9.17, 15) is 4.79 Å². The number of likely N-dealkylation sites (N-methyl/N-ethyl adjacent to an activating group) is 1. The molecule has 1 atom stereocenters. The summed E-state index contributed by atoms with van der Waals surface area (Å²) in [6.07, 6.45) is 8.89. The van der Waals surface area contributed by atoms with Gasteiger partial charge in [-0.2, -0.15) is 0 Å². The average molecular weight is 435 g/mol. The normalized spacial score (nSPS) is 36.4. The van der Waals surface area contributed by atoms with Crippen LogP contribution in [-0.2, 0) is 9.53 Å². The maximum atomic E-state index is 12.5. The Morgan fingerprint density at radius 2 is 1.61 bits per heavy atom. The maximum absolute atomic E-state index is 12.5. The Hall–Kier alpha value is 0.160. The smallest absolute Gasteiger partial charge is 0.306 e. The number of ether oxygens (including phenoxy) is 1. The van der Waals surface area contributed by atoms with Crippen LogP contribution in [0, 0.1) is 23.2 Å². The molecule has 4 aliphatic rings. The van der Waals surface area contributed by atoms with Gasteiger partial charge in [0.2, 0.25) is 0 Å². The molecule has 0 heterocycles. The minimum atomic E-state index is 0. The number of rotatable bonds is 6. The molecule has 4 heteroatoms. The molecule has 0 saturated heterocycles. The first kappa shape index (κ1) is 19.5. The second-order valence-corrected chi connectivity index (χ2v) is 9.33. The third-order valence-corrected chi connectivity index (χ3v) is 6.62. The van der Waals surface area contributed by atoms with Crippen molar-refractivity contribution in [3.05, 3.63) is 0 Å². The van der Waals surface area contributed by atoms with Gasteiger partial charge in [0.1, 0.15) is 12.6 Å². The van der Waals surface area contributed by atoms with E-state index in [0.29, 0.717) is 11.8 Å². The van der Waals surface area contributed by atoms with E-state index in [1.165, 1.54) is 38.5 Å². The molecule has 0 aromatic rings. The van der Waals surface area contributed by atoms with Crippen LogP contribution in [0.2, 0.25) is 0 Å². The van der Waals surface area contributed by atoms with Gasteiger partial charge < -0.3 is 33.2 Å². The molecule has 4 bridgehead atoms. The van der Waals surface area contributed by atoms with E-state index in [0.717, 1.165) is 35.3 Å². The summed E-state index contributed by atoms with van der Waals surface area (Å²) in [5, 5.41) is 0. The lowest BCUT2D eigenvalue weighted by molar-refractivity contribution is -0.891. The zero-order chi connectivity index (χ0) is 16.0. The van der Waals surface area contributed by atoms with Gasteiger partial charge >= 0.3 is 5.97 Å². The molecule has 0 N–H and O–H groups in total. The predicted molar refractivity (Wildman–Crippen MR) is 88.3 cm³/mol. The molecule has 23 heavy (non-hydrogen) atoms. The van der Waals surface area contributed by atoms with Crippen LogP contribution in [0.5, 0.6) is 0 Å². The molecule has 3 nitrogen and oxygen atoms in total. The molecule has 0 aliphatic heterocycles. The summed E-state index contributed by atoms with van der Waals surface area (Å²) >= 11 is 0. The summed E-state index contributed by atoms with van der Waals surface area (Å²) in [7, 11) is 4.40. The van der Waals surface area contributed by atoms with Crippen molar-refractivity contribution in [1.82, 2.24) is 0 Å². The Kier molecular flexibility index (Phi) is 6.09. The van der Waals surface area contributed by atoms with Crippen molar-refractivity contribution in [2.75, 3.05) is 27.2 Å². The summed E-state index contributed by atoms with van der Waals surface area (Å²) in [5.74, 6) is 2.79. The second-order valence-electron chi connectivity index (χ2n) is 9.33. The van der Waals surface area contributed by atoms with Crippen molar-refractivity contribution in [3.8, 4) is 0 Å². The van der Waals surface area contributed by atoms with Crippen LogP contribution in [0.1, 0.15) is 58.8 Å². The van der Waals surface area contributed by atoms with E-state index >= 15 is 0 Å². The molecule has 0 spiro atoms. The van der Waals surface area contributed by atoms with Gasteiger partial charge in [0.25, 0.3) is 0 Å². The quantitative estimate of drug-likeness (QED) is 0.348. The van der Waals surface area contributed by atoms with E-state index in [-0.39, 0.29) is 36.0 Å². The standard InChI is InChI=1S/C19H34NO2.HI/c1-5-20(3,4)13-14(2)22-18(21)12-19-9-15-6-16(10-19)8-17(7-15)11-19;/h14-17H,5-13H2,1-4H3;1H/q+1;/p-1. The molecule has 0 amide bonds. The van der Waals surface area contributed by atoms with Crippen molar-refractivity contribution in [2.24, 2.45) is 23.2 Å². The molecular weight excluding hydrogens is 401 g/mol. The van der Waals surface area contributed by atoms with Gasteiger partial charge in [0.15, 0.2) is 0 Å². The number of esters is 1. The molecule has 4 fully saturated rings. The molecular formula is C19H34INO2. The fourth-order valence-corrected chi connectivity index (χ4v) is 5.94. The molecule has 134 valence electrons. The van der Waals surface area contributed by atoms with Crippen molar-refractivity contribution >= 4 is 5.97 Å². The van der Waals surface area contributed by atoms with Gasteiger partial charge in [-0.3, -0.25) is 4.79 Å². The summed E-state index contributed by atoms with van der Waals surface area (Å²) in [4.78, 5) is 12.5. The Labute approximate surface area is 159 Å². The van der Waals surface area contributed by atoms with Crippen LogP contribution >= 0.6 is 0 Å². The number of halogens is 1. The highest BCUT2D eigenvalue weighted by Crippen LogP contribution is 2.61. The summed E-state index contributed by atoms with van der Waals surface area (Å²) in [6.45, 7) is 6.21. The van der Waals surface area contributed by atoms with Crippen LogP contribution in [0.15, 0.2) is 0 Å². The molecule has 0 radical (unpaired) electrons. The Bertz CT molecular complexity index is 400. The van der Waals surface area contributed by atoms with E-state index < -0.39 is 0 Å². The number of hydrogen-bond donors (Lipinski definition) is 0. The van der Waals surface area contributed by atoms with Gasteiger partial charge in [-0.25, -0.2) is 0 Å². The molecule has 4 rings (SSSR count). The molecule has 4 saturated carbocycles. The minimum absolute atomic E-state index is 0. The van der Waals surface area contributed by atoms with Crippen molar-refractivity contribution in [1.29, 1.82) is 0 Å². The first-order valence-electron chi connectivity index (χ1n) is 9.31. The highest BCUT2D eigenvalue weighted by atomic mass is 127. The first-order valence-corrected chi connectivity index (χ1v) is 9.31. The first-order chi connectivity index (χ1) is 10.3. The molecule has 0 aromatic carbocycles. The SMILES string of the molecule is CC[N+](C)(C)CC(C)OC(=O)CC12CC3CC(CC(C3)C1)C2.[I-]. The van der Waals surface area contributed by atoms with Crippen molar-refractivity contribution in [3.63, 3.8) is 0 Å². The largest absolute Gasteiger partial charge is 1.00 e. The van der Waals surface area contributed by atoms with E-state index in [1.54, 1.807) is 0 Å². The maximum Gasteiger partial charge on any atom is 0.306 e. The average Bonchev–Trinajstić information content (AvgIpc) is 2.34. The van der Waals surface area contributed by atoms with Gasteiger partial charge in [-0.15, -0.1) is 0 Å². The van der Waals surface area contributed by atoms with E-state index in [1.807, 2.05) is 6.92 Å². The van der Waals surface area contributed by atoms with Gasteiger partial charge in [0.05, 0.1) is 27.1 Å². The summed E-state index contributed by atoms with van der Waals surface area (Å²) in [5.41, 5.74) is 0.306. The van der Waals surface area contributed by atoms with Gasteiger partial charge in [0, 0.05) is 0 Å². The number of carbonyl (C=O) groups excluding carboxylic acids is 1. The zero-order valence-corrected chi connectivity index (χ0v) is 17.5. The molecule has 0 aromatic heterocycles. The van der Waals surface area contributed by atoms with Crippen molar-refractivity contribution < 1.29 is 38.0 Å². The van der Waals surface area contributed by atoms with Gasteiger partial charge in [-0.05, 0) is 75.5 Å². The number of hydrogen-bond acceptors (Lipinski definition) is 2. The predicted octanol–water partition coefficient (Wildman–Crippen LogP) is 0.625. The minimum Gasteiger partial charge on any atom is -1.00 e. The highest BCUT2D eigenvalue weighted by Gasteiger charge is 2.51. The Balaban J connectivity index is 0.00000192. The lowest BCUT2D eigenvalue weighted by atomic mass is 9.49. The topological polar surface area (TPSA) is 26.3 Å². The highest BCUT2D eigenvalue weighted by molar-refractivity contribution is 5.70. The van der Waals surface area contributed by atoms with E-state index in [4.69, 9.17) is 4.74 Å². The lowest BCUT2D eigenvalue weighted by Gasteiger charge is -2.56. The van der Waals surface area contributed by atoms with Gasteiger partial charge in [-0.1, -0.05) is 0 Å². The number of quaternary nitrogens is 1. The monoisotopic (exact) mass is 435 g/mol. The van der Waals surface area contributed by atoms with Crippen LogP contribution in [0.25, 0.3) is 0 Å². The number of nitrogens with zero attached hydrogens (tertiary/aromatic N) is 1.